The van der Waals surface area contributed by atoms with Crippen LogP contribution in [0.4, 0.5) is 5.69 Å². The quantitative estimate of drug-likeness (QED) is 0.784. The molecule has 0 aliphatic heterocycles. The van der Waals surface area contributed by atoms with Crippen molar-refractivity contribution in [3.8, 4) is 0 Å². The molecule has 1 N–H and O–H groups in total. The Bertz CT molecular complexity index is 935. The van der Waals surface area contributed by atoms with Gasteiger partial charge in [-0.05, 0) is 43.2 Å². The van der Waals surface area contributed by atoms with Crippen LogP contribution in [0.3, 0.4) is 0 Å². The smallest absolute Gasteiger partial charge is 0.339 e. The number of amides is 1. The second-order valence-corrected chi connectivity index (χ2v) is 8.02. The summed E-state index contributed by atoms with van der Waals surface area (Å²) >= 11 is 0. The summed E-state index contributed by atoms with van der Waals surface area (Å²) in [4.78, 5) is 24.2. The Balaban J connectivity index is 2.08. The van der Waals surface area contributed by atoms with Crippen molar-refractivity contribution in [1.29, 1.82) is 0 Å². The molecule has 2 aromatic rings. The lowest BCUT2D eigenvalue weighted by Gasteiger charge is -2.11. The van der Waals surface area contributed by atoms with E-state index in [4.69, 9.17) is 4.74 Å². The summed E-state index contributed by atoms with van der Waals surface area (Å²) in [6.45, 7) is 4.79. The molecule has 1 amide bonds. The summed E-state index contributed by atoms with van der Waals surface area (Å²) in [5, 5.41) is 2.68. The highest BCUT2D eigenvalue weighted by Gasteiger charge is 2.22. The van der Waals surface area contributed by atoms with E-state index >= 15 is 0 Å². The lowest BCUT2D eigenvalue weighted by atomic mass is 10.1. The van der Waals surface area contributed by atoms with Crippen molar-refractivity contribution >= 4 is 27.4 Å². The zero-order valence-corrected chi connectivity index (χ0v) is 15.7. The first-order valence-corrected chi connectivity index (χ1v) is 9.76. The molecular weight excluding hydrogens is 354 g/mol. The van der Waals surface area contributed by atoms with E-state index in [0.717, 1.165) is 11.1 Å². The van der Waals surface area contributed by atoms with E-state index in [2.05, 4.69) is 5.32 Å². The Morgan fingerprint density at radius 3 is 2.42 bits per heavy atom. The van der Waals surface area contributed by atoms with Gasteiger partial charge in [0.25, 0.3) is 5.91 Å². The fourth-order valence-corrected chi connectivity index (χ4v) is 3.43. The first kappa shape index (κ1) is 19.7. The van der Waals surface area contributed by atoms with Crippen LogP contribution in [-0.4, -0.2) is 32.7 Å². The van der Waals surface area contributed by atoms with Gasteiger partial charge in [-0.2, -0.15) is 0 Å². The molecule has 26 heavy (non-hydrogen) atoms. The monoisotopic (exact) mass is 375 g/mol. The third-order valence-electron chi connectivity index (χ3n) is 4.04. The fourth-order valence-electron chi connectivity index (χ4n) is 2.34. The van der Waals surface area contributed by atoms with Gasteiger partial charge in [-0.1, -0.05) is 31.2 Å². The summed E-state index contributed by atoms with van der Waals surface area (Å²) in [5.74, 6) is -1.48. The van der Waals surface area contributed by atoms with Crippen molar-refractivity contribution in [2.75, 3.05) is 17.7 Å². The second kappa shape index (κ2) is 8.14. The van der Waals surface area contributed by atoms with Crippen LogP contribution in [0.15, 0.2) is 47.4 Å². The predicted molar refractivity (Wildman–Crippen MR) is 99.0 cm³/mol. The SMILES string of the molecule is CCS(=O)(=O)c1ccccc1C(=O)OCC(=O)Nc1cccc(C)c1C. The van der Waals surface area contributed by atoms with Crippen LogP contribution in [0.5, 0.6) is 0 Å². The summed E-state index contributed by atoms with van der Waals surface area (Å²) in [5.41, 5.74) is 2.51. The molecule has 0 saturated heterocycles. The number of benzene rings is 2. The van der Waals surface area contributed by atoms with Crippen LogP contribution in [0.25, 0.3) is 0 Å². The molecule has 0 aliphatic carbocycles. The molecule has 0 radical (unpaired) electrons. The maximum Gasteiger partial charge on any atom is 0.339 e. The number of nitrogens with one attached hydrogen (secondary N) is 1. The topological polar surface area (TPSA) is 89.5 Å². The normalized spacial score (nSPS) is 11.0. The third-order valence-corrected chi connectivity index (χ3v) is 5.82. The minimum absolute atomic E-state index is 0.0751. The Kier molecular flexibility index (Phi) is 6.15. The molecule has 7 heteroatoms. The molecule has 0 aliphatic rings. The number of esters is 1. The van der Waals surface area contributed by atoms with E-state index in [-0.39, 0.29) is 16.2 Å². The standard InChI is InChI=1S/C19H21NO5S/c1-4-26(23,24)17-11-6-5-9-15(17)19(22)25-12-18(21)20-16-10-7-8-13(2)14(16)3/h5-11H,4,12H2,1-3H3,(H,20,21). The molecule has 0 heterocycles. The first-order valence-electron chi connectivity index (χ1n) is 8.11. The van der Waals surface area contributed by atoms with E-state index < -0.39 is 28.3 Å². The van der Waals surface area contributed by atoms with Gasteiger partial charge in [0.1, 0.15) is 0 Å². The van der Waals surface area contributed by atoms with Gasteiger partial charge in [0, 0.05) is 5.69 Å². The van der Waals surface area contributed by atoms with Gasteiger partial charge in [0.05, 0.1) is 16.2 Å². The molecule has 0 fully saturated rings. The van der Waals surface area contributed by atoms with Crippen molar-refractivity contribution < 1.29 is 22.7 Å². The zero-order chi connectivity index (χ0) is 19.3. The van der Waals surface area contributed by atoms with Gasteiger partial charge in [-0.3, -0.25) is 4.79 Å². The summed E-state index contributed by atoms with van der Waals surface area (Å²) in [6.07, 6.45) is 0. The maximum absolute atomic E-state index is 12.2. The van der Waals surface area contributed by atoms with Crippen LogP contribution in [-0.2, 0) is 19.4 Å². The number of carbonyl (C=O) groups excluding carboxylic acids is 2. The van der Waals surface area contributed by atoms with E-state index in [9.17, 15) is 18.0 Å². The number of aryl methyl sites for hydroxylation is 1. The number of ether oxygens (including phenoxy) is 1. The Morgan fingerprint density at radius 1 is 1.04 bits per heavy atom. The Morgan fingerprint density at radius 2 is 1.73 bits per heavy atom. The molecule has 2 aromatic carbocycles. The highest BCUT2D eigenvalue weighted by molar-refractivity contribution is 7.91. The van der Waals surface area contributed by atoms with E-state index in [1.165, 1.54) is 25.1 Å². The molecule has 0 atom stereocenters. The maximum atomic E-state index is 12.2. The van der Waals surface area contributed by atoms with Crippen LogP contribution in [0, 0.1) is 13.8 Å². The van der Waals surface area contributed by atoms with Crippen molar-refractivity contribution in [2.24, 2.45) is 0 Å². The predicted octanol–water partition coefficient (Wildman–Crippen LogP) is 2.89. The van der Waals surface area contributed by atoms with Gasteiger partial charge in [-0.15, -0.1) is 0 Å². The lowest BCUT2D eigenvalue weighted by Crippen LogP contribution is -2.22. The molecule has 0 spiro atoms. The van der Waals surface area contributed by atoms with E-state index in [0.29, 0.717) is 5.69 Å². The van der Waals surface area contributed by atoms with Crippen LogP contribution < -0.4 is 5.32 Å². The molecular formula is C19H21NO5S. The average Bonchev–Trinajstić information content (AvgIpc) is 2.63. The van der Waals surface area contributed by atoms with Crippen molar-refractivity contribution in [3.05, 3.63) is 59.2 Å². The minimum atomic E-state index is -3.57. The lowest BCUT2D eigenvalue weighted by molar-refractivity contribution is -0.119. The summed E-state index contributed by atoms with van der Waals surface area (Å²) in [6, 6.07) is 11.3. The van der Waals surface area contributed by atoms with Gasteiger partial charge in [0.15, 0.2) is 16.4 Å². The van der Waals surface area contributed by atoms with Crippen molar-refractivity contribution in [2.45, 2.75) is 25.7 Å². The van der Waals surface area contributed by atoms with Gasteiger partial charge in [0.2, 0.25) is 0 Å². The molecule has 6 nitrogen and oxygen atoms in total. The van der Waals surface area contributed by atoms with Crippen molar-refractivity contribution in [1.82, 2.24) is 0 Å². The van der Waals surface area contributed by atoms with Gasteiger partial charge in [-0.25, -0.2) is 13.2 Å². The Labute approximate surface area is 153 Å². The first-order chi connectivity index (χ1) is 12.3. The van der Waals surface area contributed by atoms with Gasteiger partial charge < -0.3 is 10.1 Å². The fraction of sp³-hybridized carbons (Fsp3) is 0.263. The molecule has 0 saturated carbocycles. The third kappa shape index (κ3) is 4.49. The average molecular weight is 375 g/mol. The number of sulfone groups is 1. The second-order valence-electron chi connectivity index (χ2n) is 5.77. The molecule has 0 aromatic heterocycles. The molecule has 0 unspecified atom stereocenters. The molecule has 0 bridgehead atoms. The highest BCUT2D eigenvalue weighted by atomic mass is 32.2. The van der Waals surface area contributed by atoms with E-state index in [1.807, 2.05) is 26.0 Å². The van der Waals surface area contributed by atoms with Gasteiger partial charge >= 0.3 is 5.97 Å². The summed E-state index contributed by atoms with van der Waals surface area (Å²) < 4.78 is 29.2. The largest absolute Gasteiger partial charge is 0.452 e. The summed E-state index contributed by atoms with van der Waals surface area (Å²) in [7, 11) is -3.57. The highest BCUT2D eigenvalue weighted by Crippen LogP contribution is 2.19. The minimum Gasteiger partial charge on any atom is -0.452 e. The van der Waals surface area contributed by atoms with Crippen LogP contribution in [0.1, 0.15) is 28.4 Å². The van der Waals surface area contributed by atoms with Crippen molar-refractivity contribution in [3.63, 3.8) is 0 Å². The molecule has 2 rings (SSSR count). The molecule has 138 valence electrons. The number of anilines is 1. The number of hydrogen-bond donors (Lipinski definition) is 1. The number of hydrogen-bond acceptors (Lipinski definition) is 5. The number of rotatable bonds is 6. The zero-order valence-electron chi connectivity index (χ0n) is 14.9. The van der Waals surface area contributed by atoms with Crippen LogP contribution >= 0.6 is 0 Å². The Hall–Kier alpha value is -2.67. The van der Waals surface area contributed by atoms with Crippen LogP contribution in [0.2, 0.25) is 0 Å². The van der Waals surface area contributed by atoms with E-state index in [1.54, 1.807) is 12.1 Å². The number of carbonyl (C=O) groups is 2.